The van der Waals surface area contributed by atoms with Crippen LogP contribution < -0.4 is 5.32 Å². The number of nitrogens with one attached hydrogen (secondary N) is 1. The molecule has 1 aromatic rings. The van der Waals surface area contributed by atoms with Crippen LogP contribution in [0.2, 0.25) is 5.02 Å². The molecule has 1 aliphatic heterocycles. The number of methoxy groups -OCH3 is 1. The highest BCUT2D eigenvalue weighted by Gasteiger charge is 2.40. The lowest BCUT2D eigenvalue weighted by molar-refractivity contribution is -0.143. The van der Waals surface area contributed by atoms with Crippen molar-refractivity contribution in [3.8, 4) is 0 Å². The van der Waals surface area contributed by atoms with Crippen molar-refractivity contribution in [2.45, 2.75) is 24.7 Å². The molecule has 3 atom stereocenters. The van der Waals surface area contributed by atoms with Gasteiger partial charge in [0, 0.05) is 25.1 Å². The van der Waals surface area contributed by atoms with E-state index in [2.05, 4.69) is 5.32 Å². The van der Waals surface area contributed by atoms with Gasteiger partial charge in [-0.25, -0.2) is 0 Å². The minimum atomic E-state index is -0.821. The van der Waals surface area contributed by atoms with E-state index in [1.165, 1.54) is 0 Å². The van der Waals surface area contributed by atoms with Gasteiger partial charge in [0.2, 0.25) is 0 Å². The Labute approximate surface area is 123 Å². The largest absolute Gasteiger partial charge is 0.480 e. The number of nitrogens with zero attached hydrogens (tertiary/aromatic N) is 1. The third-order valence-corrected chi connectivity index (χ3v) is 3.96. The Bertz CT molecular complexity index is 466. The van der Waals surface area contributed by atoms with Gasteiger partial charge in [0.05, 0.1) is 12.3 Å². The molecule has 0 radical (unpaired) electrons. The monoisotopic (exact) mass is 298 g/mol. The molecule has 1 fully saturated rings. The van der Waals surface area contributed by atoms with Gasteiger partial charge < -0.3 is 15.2 Å². The van der Waals surface area contributed by atoms with Gasteiger partial charge >= 0.3 is 5.97 Å². The first-order valence-electron chi connectivity index (χ1n) is 6.51. The maximum absolute atomic E-state index is 11.4. The molecule has 0 aliphatic carbocycles. The molecule has 2 rings (SSSR count). The van der Waals surface area contributed by atoms with E-state index >= 15 is 0 Å². The summed E-state index contributed by atoms with van der Waals surface area (Å²) in [5.41, 5.74) is 0.986. The summed E-state index contributed by atoms with van der Waals surface area (Å²) < 4.78 is 5.32. The van der Waals surface area contributed by atoms with E-state index in [1.54, 1.807) is 19.2 Å². The second-order valence-electron chi connectivity index (χ2n) is 4.89. The van der Waals surface area contributed by atoms with Crippen molar-refractivity contribution in [2.75, 3.05) is 20.7 Å². The lowest BCUT2D eigenvalue weighted by Gasteiger charge is -2.31. The molecule has 0 amide bonds. The topological polar surface area (TPSA) is 61.8 Å². The van der Waals surface area contributed by atoms with E-state index in [1.807, 2.05) is 24.1 Å². The van der Waals surface area contributed by atoms with Gasteiger partial charge in [-0.05, 0) is 24.7 Å². The summed E-state index contributed by atoms with van der Waals surface area (Å²) in [5, 5.41) is 13.2. The summed E-state index contributed by atoms with van der Waals surface area (Å²) in [6.07, 6.45) is 0.269. The molecule has 0 spiro atoms. The van der Waals surface area contributed by atoms with Crippen LogP contribution in [-0.2, 0) is 9.53 Å². The zero-order valence-electron chi connectivity index (χ0n) is 11.5. The molecule has 5 nitrogen and oxygen atoms in total. The van der Waals surface area contributed by atoms with Crippen LogP contribution in [-0.4, -0.2) is 48.8 Å². The molecule has 2 unspecified atom stereocenters. The predicted molar refractivity (Wildman–Crippen MR) is 76.8 cm³/mol. The van der Waals surface area contributed by atoms with Gasteiger partial charge in [0.15, 0.2) is 0 Å². The average molecular weight is 299 g/mol. The number of rotatable bonds is 5. The Kier molecular flexibility index (Phi) is 4.99. The van der Waals surface area contributed by atoms with Crippen molar-refractivity contribution in [3.05, 3.63) is 34.9 Å². The quantitative estimate of drug-likeness (QED) is 0.867. The maximum atomic E-state index is 11.4. The molecule has 0 saturated carbocycles. The summed E-state index contributed by atoms with van der Waals surface area (Å²) in [6, 6.07) is 6.88. The molecular formula is C14H19ClN2O3. The molecule has 6 heteroatoms. The fourth-order valence-electron chi connectivity index (χ4n) is 2.69. The number of carboxylic acid groups (broad SMARTS) is 1. The number of benzene rings is 1. The van der Waals surface area contributed by atoms with E-state index in [0.29, 0.717) is 18.0 Å². The van der Waals surface area contributed by atoms with Crippen molar-refractivity contribution in [1.29, 1.82) is 0 Å². The minimum absolute atomic E-state index is 0.0562. The molecule has 1 aliphatic rings. The number of ether oxygens (including phenoxy) is 1. The van der Waals surface area contributed by atoms with E-state index in [9.17, 15) is 9.90 Å². The van der Waals surface area contributed by atoms with Crippen molar-refractivity contribution in [2.24, 2.45) is 0 Å². The van der Waals surface area contributed by atoms with Gasteiger partial charge in [-0.2, -0.15) is 0 Å². The maximum Gasteiger partial charge on any atom is 0.321 e. The van der Waals surface area contributed by atoms with E-state index < -0.39 is 12.0 Å². The zero-order valence-corrected chi connectivity index (χ0v) is 12.3. The Morgan fingerprint density at radius 2 is 2.15 bits per heavy atom. The van der Waals surface area contributed by atoms with Crippen LogP contribution >= 0.6 is 11.6 Å². The Balaban J connectivity index is 2.25. The first-order valence-corrected chi connectivity index (χ1v) is 6.88. The van der Waals surface area contributed by atoms with Crippen molar-refractivity contribution < 1.29 is 14.6 Å². The lowest BCUT2D eigenvalue weighted by atomic mass is 10.1. The molecule has 2 N–H and O–H groups in total. The Hall–Kier alpha value is -1.14. The fourth-order valence-corrected chi connectivity index (χ4v) is 2.82. The first kappa shape index (κ1) is 15.3. The molecule has 0 aromatic heterocycles. The number of hydrogen-bond acceptors (Lipinski definition) is 4. The summed E-state index contributed by atoms with van der Waals surface area (Å²) in [4.78, 5) is 13.3. The van der Waals surface area contributed by atoms with Crippen molar-refractivity contribution >= 4 is 17.6 Å². The molecule has 1 saturated heterocycles. The van der Waals surface area contributed by atoms with Crippen LogP contribution in [0.15, 0.2) is 24.3 Å². The van der Waals surface area contributed by atoms with Crippen molar-refractivity contribution in [1.82, 2.24) is 10.2 Å². The lowest BCUT2D eigenvalue weighted by Crippen LogP contribution is -2.43. The SMILES string of the molecule is CNC(c1ccc(Cl)cc1)N1C[C@H](OC)CC1C(=O)O. The molecule has 0 bridgehead atoms. The zero-order chi connectivity index (χ0) is 14.7. The van der Waals surface area contributed by atoms with Crippen LogP contribution in [0.5, 0.6) is 0 Å². The Morgan fingerprint density at radius 1 is 1.50 bits per heavy atom. The average Bonchev–Trinajstić information content (AvgIpc) is 2.86. The van der Waals surface area contributed by atoms with Gasteiger partial charge in [-0.15, -0.1) is 0 Å². The van der Waals surface area contributed by atoms with E-state index in [4.69, 9.17) is 16.3 Å². The van der Waals surface area contributed by atoms with E-state index in [0.717, 1.165) is 5.56 Å². The number of hydrogen-bond donors (Lipinski definition) is 2. The third kappa shape index (κ3) is 3.12. The molecule has 1 heterocycles. The summed E-state index contributed by atoms with van der Waals surface area (Å²) in [5.74, 6) is -0.821. The molecule has 1 aromatic carbocycles. The van der Waals surface area contributed by atoms with Gasteiger partial charge in [-0.1, -0.05) is 23.7 Å². The second-order valence-corrected chi connectivity index (χ2v) is 5.32. The number of aliphatic carboxylic acids is 1. The number of likely N-dealkylation sites (tertiary alicyclic amines) is 1. The Morgan fingerprint density at radius 3 is 2.65 bits per heavy atom. The summed E-state index contributed by atoms with van der Waals surface area (Å²) in [6.45, 7) is 0.585. The van der Waals surface area contributed by atoms with Gasteiger partial charge in [0.25, 0.3) is 0 Å². The van der Waals surface area contributed by atoms with Crippen LogP contribution in [0, 0.1) is 0 Å². The van der Waals surface area contributed by atoms with Crippen LogP contribution in [0.1, 0.15) is 18.2 Å². The summed E-state index contributed by atoms with van der Waals surface area (Å²) in [7, 11) is 3.43. The number of carbonyl (C=O) groups is 1. The molecular weight excluding hydrogens is 280 g/mol. The van der Waals surface area contributed by atoms with Crippen molar-refractivity contribution in [3.63, 3.8) is 0 Å². The molecule has 20 heavy (non-hydrogen) atoms. The predicted octanol–water partition coefficient (Wildman–Crippen LogP) is 1.73. The fraction of sp³-hybridized carbons (Fsp3) is 0.500. The number of halogens is 1. The molecule has 110 valence electrons. The van der Waals surface area contributed by atoms with Gasteiger partial charge in [0.1, 0.15) is 6.04 Å². The van der Waals surface area contributed by atoms with Gasteiger partial charge in [-0.3, -0.25) is 9.69 Å². The smallest absolute Gasteiger partial charge is 0.321 e. The minimum Gasteiger partial charge on any atom is -0.480 e. The van der Waals surface area contributed by atoms with Crippen LogP contribution in [0.25, 0.3) is 0 Å². The van der Waals surface area contributed by atoms with Crippen LogP contribution in [0.3, 0.4) is 0 Å². The normalized spacial score (nSPS) is 24.8. The standard InChI is InChI=1S/C14H19ClN2O3/c1-16-13(9-3-5-10(15)6-4-9)17-8-11(20-2)7-12(17)14(18)19/h3-6,11-13,16H,7-8H2,1-2H3,(H,18,19)/t11-,12?,13?/m1/s1. The highest BCUT2D eigenvalue weighted by molar-refractivity contribution is 6.30. The highest BCUT2D eigenvalue weighted by Crippen LogP contribution is 2.29. The third-order valence-electron chi connectivity index (χ3n) is 3.71. The second kappa shape index (κ2) is 6.54. The van der Waals surface area contributed by atoms with E-state index in [-0.39, 0.29) is 12.3 Å². The highest BCUT2D eigenvalue weighted by atomic mass is 35.5. The first-order chi connectivity index (χ1) is 9.56. The summed E-state index contributed by atoms with van der Waals surface area (Å²) >= 11 is 5.90. The van der Waals surface area contributed by atoms with Crippen LogP contribution in [0.4, 0.5) is 0 Å². The number of carboxylic acids is 1.